The summed E-state index contributed by atoms with van der Waals surface area (Å²) in [5, 5.41) is 3.34. The fraction of sp³-hybridized carbons (Fsp3) is 0.235. The lowest BCUT2D eigenvalue weighted by Crippen LogP contribution is -2.51. The van der Waals surface area contributed by atoms with Gasteiger partial charge in [0, 0.05) is 16.6 Å². The molecule has 0 aliphatic rings. The zero-order valence-corrected chi connectivity index (χ0v) is 13.6. The highest BCUT2D eigenvalue weighted by atomic mass is 79.9. The second kappa shape index (κ2) is 6.76. The highest BCUT2D eigenvalue weighted by molar-refractivity contribution is 9.10. The molecule has 3 nitrogen and oxygen atoms in total. The number of nitrogens with one attached hydrogen (secondary N) is 1. The SMILES string of the molecule is CCC(Cc1ccccc1)(Nc1ccccc1Br)C(N)=O. The lowest BCUT2D eigenvalue weighted by atomic mass is 9.87. The van der Waals surface area contributed by atoms with Crippen molar-refractivity contribution < 1.29 is 4.79 Å². The van der Waals surface area contributed by atoms with Crippen molar-refractivity contribution in [3.05, 3.63) is 64.6 Å². The summed E-state index contributed by atoms with van der Waals surface area (Å²) in [4.78, 5) is 12.1. The first-order chi connectivity index (χ1) is 10.1. The number of carbonyl (C=O) groups is 1. The Balaban J connectivity index is 2.33. The lowest BCUT2D eigenvalue weighted by molar-refractivity contribution is -0.122. The number of benzene rings is 2. The van der Waals surface area contributed by atoms with Crippen LogP contribution in [0.4, 0.5) is 5.69 Å². The Bertz CT molecular complexity index is 615. The van der Waals surface area contributed by atoms with Crippen LogP contribution >= 0.6 is 15.9 Å². The quantitative estimate of drug-likeness (QED) is 0.836. The van der Waals surface area contributed by atoms with Crippen molar-refractivity contribution in [2.24, 2.45) is 5.73 Å². The predicted molar refractivity (Wildman–Crippen MR) is 90.1 cm³/mol. The summed E-state index contributed by atoms with van der Waals surface area (Å²) >= 11 is 3.50. The zero-order chi connectivity index (χ0) is 15.3. The van der Waals surface area contributed by atoms with E-state index in [1.807, 2.05) is 61.5 Å². The monoisotopic (exact) mass is 346 g/mol. The molecule has 1 amide bonds. The molecule has 2 rings (SSSR count). The summed E-state index contributed by atoms with van der Waals surface area (Å²) in [6.07, 6.45) is 1.17. The van der Waals surface area contributed by atoms with Gasteiger partial charge in [0.2, 0.25) is 5.91 Å². The molecule has 0 heterocycles. The molecular weight excluding hydrogens is 328 g/mol. The molecule has 1 unspecified atom stereocenters. The molecule has 0 saturated heterocycles. The normalized spacial score (nSPS) is 13.4. The Morgan fingerprint density at radius 3 is 2.33 bits per heavy atom. The number of para-hydroxylation sites is 1. The molecule has 4 heteroatoms. The van der Waals surface area contributed by atoms with E-state index in [9.17, 15) is 4.79 Å². The second-order valence-corrected chi connectivity index (χ2v) is 5.92. The molecule has 0 radical (unpaired) electrons. The minimum Gasteiger partial charge on any atom is -0.370 e. The van der Waals surface area contributed by atoms with E-state index >= 15 is 0 Å². The zero-order valence-electron chi connectivity index (χ0n) is 12.0. The number of amides is 1. The minimum atomic E-state index is -0.800. The van der Waals surface area contributed by atoms with E-state index in [0.29, 0.717) is 12.8 Å². The third-order valence-electron chi connectivity index (χ3n) is 3.67. The van der Waals surface area contributed by atoms with E-state index in [1.165, 1.54) is 0 Å². The standard InChI is InChI=1S/C17H19BrN2O/c1-2-17(16(19)21,12-13-8-4-3-5-9-13)20-15-11-7-6-10-14(15)18/h3-11,20H,2,12H2,1H3,(H2,19,21). The van der Waals surface area contributed by atoms with Gasteiger partial charge in [0.05, 0.1) is 0 Å². The Hall–Kier alpha value is -1.81. The van der Waals surface area contributed by atoms with E-state index in [-0.39, 0.29) is 5.91 Å². The Morgan fingerprint density at radius 2 is 1.76 bits per heavy atom. The lowest BCUT2D eigenvalue weighted by Gasteiger charge is -2.32. The molecular formula is C17H19BrN2O. The van der Waals surface area contributed by atoms with Gasteiger partial charge in [-0.05, 0) is 40.0 Å². The van der Waals surface area contributed by atoms with Gasteiger partial charge in [-0.2, -0.15) is 0 Å². The van der Waals surface area contributed by atoms with Crippen molar-refractivity contribution in [2.45, 2.75) is 25.3 Å². The van der Waals surface area contributed by atoms with E-state index in [4.69, 9.17) is 5.73 Å². The van der Waals surface area contributed by atoms with Crippen molar-refractivity contribution >= 4 is 27.5 Å². The number of rotatable bonds is 6. The summed E-state index contributed by atoms with van der Waals surface area (Å²) in [7, 11) is 0. The van der Waals surface area contributed by atoms with Crippen LogP contribution in [0, 0.1) is 0 Å². The number of hydrogen-bond acceptors (Lipinski definition) is 2. The summed E-state index contributed by atoms with van der Waals surface area (Å²) in [5.41, 5.74) is 6.86. The fourth-order valence-corrected chi connectivity index (χ4v) is 2.73. The minimum absolute atomic E-state index is 0.343. The molecule has 110 valence electrons. The largest absolute Gasteiger partial charge is 0.370 e. The highest BCUT2D eigenvalue weighted by Gasteiger charge is 2.35. The van der Waals surface area contributed by atoms with E-state index < -0.39 is 5.54 Å². The molecule has 0 aromatic heterocycles. The van der Waals surface area contributed by atoms with Crippen LogP contribution in [-0.4, -0.2) is 11.4 Å². The van der Waals surface area contributed by atoms with E-state index in [0.717, 1.165) is 15.7 Å². The molecule has 0 fully saturated rings. The maximum Gasteiger partial charge on any atom is 0.243 e. The number of anilines is 1. The number of primary amides is 1. The van der Waals surface area contributed by atoms with Crippen molar-refractivity contribution in [1.82, 2.24) is 0 Å². The number of carbonyl (C=O) groups excluding carboxylic acids is 1. The number of nitrogens with two attached hydrogens (primary N) is 1. The number of hydrogen-bond donors (Lipinski definition) is 2. The third kappa shape index (κ3) is 3.64. The van der Waals surface area contributed by atoms with Crippen molar-refractivity contribution in [2.75, 3.05) is 5.32 Å². The first-order valence-electron chi connectivity index (χ1n) is 6.94. The Labute approximate surface area is 133 Å². The molecule has 3 N–H and O–H groups in total. The van der Waals surface area contributed by atoms with Gasteiger partial charge in [-0.1, -0.05) is 49.4 Å². The smallest absolute Gasteiger partial charge is 0.243 e. The van der Waals surface area contributed by atoms with Crippen LogP contribution in [0.1, 0.15) is 18.9 Å². The van der Waals surface area contributed by atoms with Gasteiger partial charge in [0.25, 0.3) is 0 Å². The van der Waals surface area contributed by atoms with Crippen LogP contribution in [0.25, 0.3) is 0 Å². The molecule has 0 aliphatic heterocycles. The van der Waals surface area contributed by atoms with Crippen molar-refractivity contribution in [1.29, 1.82) is 0 Å². The van der Waals surface area contributed by atoms with Crippen LogP contribution < -0.4 is 11.1 Å². The van der Waals surface area contributed by atoms with Crippen LogP contribution in [0.5, 0.6) is 0 Å². The second-order valence-electron chi connectivity index (χ2n) is 5.07. The third-order valence-corrected chi connectivity index (χ3v) is 4.36. The molecule has 0 saturated carbocycles. The predicted octanol–water partition coefficient (Wildman–Crippen LogP) is 3.74. The summed E-state index contributed by atoms with van der Waals surface area (Å²) in [5.74, 6) is -0.343. The van der Waals surface area contributed by atoms with Crippen LogP contribution in [0.15, 0.2) is 59.1 Å². The highest BCUT2D eigenvalue weighted by Crippen LogP contribution is 2.28. The van der Waals surface area contributed by atoms with Crippen molar-refractivity contribution in [3.8, 4) is 0 Å². The molecule has 2 aromatic carbocycles. The van der Waals surface area contributed by atoms with Crippen LogP contribution in [-0.2, 0) is 11.2 Å². The molecule has 0 spiro atoms. The first kappa shape index (κ1) is 15.6. The fourth-order valence-electron chi connectivity index (χ4n) is 2.35. The van der Waals surface area contributed by atoms with Gasteiger partial charge in [0.15, 0.2) is 0 Å². The van der Waals surface area contributed by atoms with Crippen LogP contribution in [0.2, 0.25) is 0 Å². The Kier molecular flexibility index (Phi) is 5.02. The molecule has 21 heavy (non-hydrogen) atoms. The average Bonchev–Trinajstić information content (AvgIpc) is 2.49. The molecule has 2 aromatic rings. The summed E-state index contributed by atoms with van der Waals surface area (Å²) in [6.45, 7) is 1.97. The maximum atomic E-state index is 12.1. The summed E-state index contributed by atoms with van der Waals surface area (Å²) in [6, 6.07) is 17.6. The van der Waals surface area contributed by atoms with Gasteiger partial charge in [-0.25, -0.2) is 0 Å². The van der Waals surface area contributed by atoms with Gasteiger partial charge in [-0.3, -0.25) is 4.79 Å². The first-order valence-corrected chi connectivity index (χ1v) is 7.73. The van der Waals surface area contributed by atoms with Crippen LogP contribution in [0.3, 0.4) is 0 Å². The molecule has 0 aliphatic carbocycles. The Morgan fingerprint density at radius 1 is 1.14 bits per heavy atom. The maximum absolute atomic E-state index is 12.1. The summed E-state index contributed by atoms with van der Waals surface area (Å²) < 4.78 is 0.914. The number of halogens is 1. The van der Waals surface area contributed by atoms with E-state index in [2.05, 4.69) is 21.2 Å². The van der Waals surface area contributed by atoms with Crippen molar-refractivity contribution in [3.63, 3.8) is 0 Å². The average molecular weight is 347 g/mol. The van der Waals surface area contributed by atoms with Gasteiger partial charge in [0.1, 0.15) is 5.54 Å². The molecule has 1 atom stereocenters. The topological polar surface area (TPSA) is 55.1 Å². The molecule has 0 bridgehead atoms. The van der Waals surface area contributed by atoms with E-state index in [1.54, 1.807) is 0 Å². The van der Waals surface area contributed by atoms with Gasteiger partial charge < -0.3 is 11.1 Å². The van der Waals surface area contributed by atoms with Gasteiger partial charge in [-0.15, -0.1) is 0 Å². The van der Waals surface area contributed by atoms with Gasteiger partial charge >= 0.3 is 0 Å².